The summed E-state index contributed by atoms with van der Waals surface area (Å²) >= 11 is 0. The highest BCUT2D eigenvalue weighted by Gasteiger charge is 2.53. The van der Waals surface area contributed by atoms with Crippen LogP contribution in [0.4, 0.5) is 0 Å². The van der Waals surface area contributed by atoms with Gasteiger partial charge in [-0.05, 0) is 43.2 Å². The monoisotopic (exact) mass is 680 g/mol. The smallest absolute Gasteiger partial charge is 0.347 e. The molecule has 1 fully saturated rings. The molecule has 258 valence electrons. The van der Waals surface area contributed by atoms with E-state index in [0.717, 1.165) is 33.3 Å². The molecular weight excluding hydrogens is 648 g/mol. The molecule has 49 heavy (non-hydrogen) atoms. The van der Waals surface area contributed by atoms with Crippen molar-refractivity contribution < 1.29 is 66.0 Å². The number of carbonyl (C=O) groups is 5. The molecule has 0 spiro atoms. The predicted molar refractivity (Wildman–Crippen MR) is 166 cm³/mol. The van der Waals surface area contributed by atoms with E-state index in [0.29, 0.717) is 16.3 Å². The number of aryl methyl sites for hydroxylation is 2. The van der Waals surface area contributed by atoms with Crippen LogP contribution in [-0.4, -0.2) is 67.2 Å². The molecule has 0 bridgehead atoms. The Labute approximate surface area is 277 Å². The van der Waals surface area contributed by atoms with Crippen LogP contribution in [0.3, 0.4) is 0 Å². The van der Waals surface area contributed by atoms with Gasteiger partial charge >= 0.3 is 35.5 Å². The van der Waals surface area contributed by atoms with Crippen molar-refractivity contribution >= 4 is 51.8 Å². The maximum atomic E-state index is 13.9. The molecule has 3 heterocycles. The van der Waals surface area contributed by atoms with Crippen molar-refractivity contribution in [3.8, 4) is 11.5 Å². The fourth-order valence-electron chi connectivity index (χ4n) is 5.41. The van der Waals surface area contributed by atoms with Crippen LogP contribution >= 0.6 is 0 Å². The van der Waals surface area contributed by atoms with E-state index in [-0.39, 0.29) is 28.2 Å². The number of hydrogen-bond acceptors (Lipinski definition) is 15. The van der Waals surface area contributed by atoms with Crippen molar-refractivity contribution in [1.29, 1.82) is 0 Å². The highest BCUT2D eigenvalue weighted by atomic mass is 16.7. The summed E-state index contributed by atoms with van der Waals surface area (Å²) in [5, 5.41) is 1.13. The van der Waals surface area contributed by atoms with Gasteiger partial charge in [0.15, 0.2) is 23.4 Å². The van der Waals surface area contributed by atoms with E-state index in [1.54, 1.807) is 19.9 Å². The summed E-state index contributed by atoms with van der Waals surface area (Å²) in [6.45, 7) is 7.44. The summed E-state index contributed by atoms with van der Waals surface area (Å²) in [6.07, 6.45) is -5.90. The van der Waals surface area contributed by atoms with Crippen LogP contribution in [-0.2, 0) is 42.9 Å². The second-order valence-electron chi connectivity index (χ2n) is 11.2. The van der Waals surface area contributed by atoms with Gasteiger partial charge in [-0.2, -0.15) is 0 Å². The molecule has 2 aromatic carbocycles. The molecule has 1 saturated heterocycles. The number of fused-ring (bicyclic) bond motifs is 2. The summed E-state index contributed by atoms with van der Waals surface area (Å²) in [5.74, 6) is -4.40. The molecule has 15 heteroatoms. The number of hydrogen-bond donors (Lipinski definition) is 0. The summed E-state index contributed by atoms with van der Waals surface area (Å²) < 4.78 is 50.5. The maximum Gasteiger partial charge on any atom is 0.347 e. The Morgan fingerprint density at radius 1 is 0.755 bits per heavy atom. The van der Waals surface area contributed by atoms with Crippen molar-refractivity contribution in [3.05, 3.63) is 69.8 Å². The molecule has 5 atom stereocenters. The van der Waals surface area contributed by atoms with Gasteiger partial charge in [0, 0.05) is 44.5 Å². The minimum atomic E-state index is -1.62. The van der Waals surface area contributed by atoms with Gasteiger partial charge in [0.1, 0.15) is 24.0 Å². The SMILES string of the molecule is CC(=O)OC[C@H]1O[C@@H](Oc2ccccc2C(=O)Oc2c3occ(C)c3cc3c(C)cc(=O)oc23)[C@H](OC(C)=O)[C@@H](OC(C)=O)[C@H]1OC(C)=O. The van der Waals surface area contributed by atoms with Gasteiger partial charge in [-0.1, -0.05) is 12.1 Å². The second-order valence-corrected chi connectivity index (χ2v) is 11.2. The lowest BCUT2D eigenvalue weighted by atomic mass is 9.98. The molecule has 0 saturated carbocycles. The quantitative estimate of drug-likeness (QED) is 0.107. The van der Waals surface area contributed by atoms with Crippen LogP contribution in [0.25, 0.3) is 21.9 Å². The lowest BCUT2D eigenvalue weighted by Crippen LogP contribution is -2.63. The average Bonchev–Trinajstić information content (AvgIpc) is 3.39. The Hall–Kier alpha value is -5.70. The zero-order valence-corrected chi connectivity index (χ0v) is 27.3. The summed E-state index contributed by atoms with van der Waals surface area (Å²) in [5.41, 5.74) is 0.644. The molecule has 0 aliphatic carbocycles. The van der Waals surface area contributed by atoms with Gasteiger partial charge < -0.3 is 42.0 Å². The number of para-hydroxylation sites is 1. The molecule has 1 aliphatic rings. The third-order valence-electron chi connectivity index (χ3n) is 7.42. The first kappa shape index (κ1) is 34.6. The van der Waals surface area contributed by atoms with Crippen LogP contribution in [0.1, 0.15) is 49.2 Å². The molecule has 5 rings (SSSR count). The summed E-state index contributed by atoms with van der Waals surface area (Å²) in [6, 6.07) is 8.90. The highest BCUT2D eigenvalue weighted by molar-refractivity contribution is 6.05. The number of ether oxygens (including phenoxy) is 7. The van der Waals surface area contributed by atoms with E-state index in [1.807, 2.05) is 0 Å². The zero-order valence-electron chi connectivity index (χ0n) is 27.3. The van der Waals surface area contributed by atoms with E-state index in [1.165, 1.54) is 36.6 Å². The zero-order chi connectivity index (χ0) is 35.6. The predicted octanol–water partition coefficient (Wildman–Crippen LogP) is 3.84. The van der Waals surface area contributed by atoms with E-state index in [9.17, 15) is 28.8 Å². The first-order valence-corrected chi connectivity index (χ1v) is 15.0. The minimum absolute atomic E-state index is 0.0156. The topological polar surface area (TPSA) is 193 Å². The molecule has 0 radical (unpaired) electrons. The number of furan rings is 1. The van der Waals surface area contributed by atoms with Gasteiger partial charge in [-0.25, -0.2) is 9.59 Å². The Morgan fingerprint density at radius 2 is 1.39 bits per heavy atom. The van der Waals surface area contributed by atoms with E-state index >= 15 is 0 Å². The van der Waals surface area contributed by atoms with Crippen molar-refractivity contribution in [2.24, 2.45) is 0 Å². The Kier molecular flexibility index (Phi) is 10.0. The van der Waals surface area contributed by atoms with Gasteiger partial charge in [-0.3, -0.25) is 19.2 Å². The Balaban J connectivity index is 1.55. The fraction of sp³-hybridized carbons (Fsp3) is 0.353. The molecule has 4 aromatic rings. The van der Waals surface area contributed by atoms with Gasteiger partial charge in [0.25, 0.3) is 0 Å². The average molecular weight is 681 g/mol. The Morgan fingerprint density at radius 3 is 2.06 bits per heavy atom. The number of carbonyl (C=O) groups excluding carboxylic acids is 5. The normalized spacial score (nSPS) is 20.3. The summed E-state index contributed by atoms with van der Waals surface area (Å²) in [7, 11) is 0. The van der Waals surface area contributed by atoms with Gasteiger partial charge in [-0.15, -0.1) is 0 Å². The minimum Gasteiger partial charge on any atom is -0.463 e. The third-order valence-corrected chi connectivity index (χ3v) is 7.42. The van der Waals surface area contributed by atoms with Crippen LogP contribution < -0.4 is 15.1 Å². The van der Waals surface area contributed by atoms with E-state index in [2.05, 4.69) is 0 Å². The largest absolute Gasteiger partial charge is 0.463 e. The fourth-order valence-corrected chi connectivity index (χ4v) is 5.41. The van der Waals surface area contributed by atoms with E-state index < -0.39 is 72.8 Å². The van der Waals surface area contributed by atoms with Crippen molar-refractivity contribution in [3.63, 3.8) is 0 Å². The Bertz CT molecular complexity index is 2000. The molecular formula is C34H32O15. The molecule has 0 unspecified atom stereocenters. The number of esters is 5. The summed E-state index contributed by atoms with van der Waals surface area (Å²) in [4.78, 5) is 74.3. The molecule has 15 nitrogen and oxygen atoms in total. The van der Waals surface area contributed by atoms with Crippen LogP contribution in [0.5, 0.6) is 11.5 Å². The molecule has 1 aliphatic heterocycles. The molecule has 0 N–H and O–H groups in total. The van der Waals surface area contributed by atoms with Gasteiger partial charge in [0.05, 0.1) is 6.26 Å². The lowest BCUT2D eigenvalue weighted by molar-refractivity contribution is -0.288. The first-order chi connectivity index (χ1) is 23.2. The lowest BCUT2D eigenvalue weighted by Gasteiger charge is -2.44. The third kappa shape index (κ3) is 7.56. The van der Waals surface area contributed by atoms with Crippen molar-refractivity contribution in [2.45, 2.75) is 72.2 Å². The standard InChI is InChI=1S/C34H32O15/c1-15-11-26(39)48-28-22(15)12-23-16(2)13-42-27(23)30(28)49-33(40)21-9-7-8-10-24(21)46-34-32(45-20(6)38)31(44-19(5)37)29(43-18(4)36)25(47-34)14-41-17(3)35/h7-13,25,29,31-32,34H,14H2,1-6H3/t25-,29+,31+,32-,34-/m1/s1. The van der Waals surface area contributed by atoms with Gasteiger partial charge in [0.2, 0.25) is 18.1 Å². The first-order valence-electron chi connectivity index (χ1n) is 15.0. The van der Waals surface area contributed by atoms with Crippen molar-refractivity contribution in [2.75, 3.05) is 6.61 Å². The molecule has 0 amide bonds. The van der Waals surface area contributed by atoms with Crippen molar-refractivity contribution in [1.82, 2.24) is 0 Å². The van der Waals surface area contributed by atoms with Crippen LogP contribution in [0.15, 0.2) is 56.3 Å². The molecule has 2 aromatic heterocycles. The van der Waals surface area contributed by atoms with Crippen LogP contribution in [0.2, 0.25) is 0 Å². The number of rotatable bonds is 9. The number of benzene rings is 2. The van der Waals surface area contributed by atoms with Crippen LogP contribution in [0, 0.1) is 13.8 Å². The highest BCUT2D eigenvalue weighted by Crippen LogP contribution is 2.39. The van der Waals surface area contributed by atoms with E-state index in [4.69, 9.17) is 42.0 Å². The maximum absolute atomic E-state index is 13.9. The second kappa shape index (κ2) is 14.2.